The molecule has 2 aromatic rings. The van der Waals surface area contributed by atoms with Crippen molar-refractivity contribution in [2.75, 3.05) is 18.1 Å². The molecule has 1 N–H and O–H groups in total. The summed E-state index contributed by atoms with van der Waals surface area (Å²) in [4.78, 5) is 25.9. The van der Waals surface area contributed by atoms with Crippen molar-refractivity contribution in [3.63, 3.8) is 0 Å². The second kappa shape index (κ2) is 6.61. The number of H-pyrrole nitrogens is 1. The maximum atomic E-state index is 13.0. The minimum absolute atomic E-state index is 0.201. The Bertz CT molecular complexity index is 854. The van der Waals surface area contributed by atoms with Crippen molar-refractivity contribution >= 4 is 0 Å². The minimum Gasteiger partial charge on any atom is -0.490 e. The van der Waals surface area contributed by atoms with E-state index in [4.69, 9.17) is 4.74 Å². The summed E-state index contributed by atoms with van der Waals surface area (Å²) in [5.74, 6) is -0.201. The van der Waals surface area contributed by atoms with Crippen LogP contribution >= 0.6 is 0 Å². The molecule has 0 spiro atoms. The largest absolute Gasteiger partial charge is 0.490 e. The standard InChI is InChI=1S/C15H15F3N4O3/c16-15(17,18)11-3-1-2-4-12(11)25-10-5-7-21(8-6-10)22-14(24)20-13(23)9-19-22/h1-4,9-10H,5-8H2,(H,20,23,24). The maximum absolute atomic E-state index is 13.0. The summed E-state index contributed by atoms with van der Waals surface area (Å²) in [5.41, 5.74) is -2.06. The zero-order chi connectivity index (χ0) is 18.0. The van der Waals surface area contributed by atoms with E-state index in [1.54, 1.807) is 5.01 Å². The van der Waals surface area contributed by atoms with Gasteiger partial charge < -0.3 is 4.74 Å². The smallest absolute Gasteiger partial charge is 0.419 e. The van der Waals surface area contributed by atoms with Gasteiger partial charge in [0.1, 0.15) is 18.1 Å². The molecule has 3 rings (SSSR count). The van der Waals surface area contributed by atoms with Gasteiger partial charge >= 0.3 is 11.9 Å². The van der Waals surface area contributed by atoms with Crippen LogP contribution in [0.4, 0.5) is 13.2 Å². The van der Waals surface area contributed by atoms with Crippen molar-refractivity contribution in [3.8, 4) is 5.75 Å². The number of aromatic amines is 1. The topological polar surface area (TPSA) is 80.2 Å². The molecule has 1 fully saturated rings. The molecule has 1 aliphatic heterocycles. The zero-order valence-electron chi connectivity index (χ0n) is 13.0. The third kappa shape index (κ3) is 3.83. The van der Waals surface area contributed by atoms with Gasteiger partial charge in [-0.25, -0.2) is 4.79 Å². The van der Waals surface area contributed by atoms with E-state index in [0.29, 0.717) is 25.9 Å². The first-order valence-electron chi connectivity index (χ1n) is 7.61. The van der Waals surface area contributed by atoms with Crippen molar-refractivity contribution in [3.05, 3.63) is 56.9 Å². The van der Waals surface area contributed by atoms with E-state index >= 15 is 0 Å². The third-order valence-corrected chi connectivity index (χ3v) is 3.87. The second-order valence-electron chi connectivity index (χ2n) is 5.59. The predicted molar refractivity (Wildman–Crippen MR) is 82.2 cm³/mol. The van der Waals surface area contributed by atoms with Gasteiger partial charge in [0.05, 0.1) is 5.56 Å². The molecule has 0 radical (unpaired) electrons. The number of piperidine rings is 1. The highest BCUT2D eigenvalue weighted by molar-refractivity contribution is 5.35. The summed E-state index contributed by atoms with van der Waals surface area (Å²) in [5, 5.41) is 5.36. The fraction of sp³-hybridized carbons (Fsp3) is 0.400. The van der Waals surface area contributed by atoms with Gasteiger partial charge in [-0.3, -0.25) is 14.8 Å². The van der Waals surface area contributed by atoms with E-state index in [-0.39, 0.29) is 5.75 Å². The van der Waals surface area contributed by atoms with Gasteiger partial charge in [-0.15, -0.1) is 4.79 Å². The Morgan fingerprint density at radius 3 is 2.48 bits per heavy atom. The van der Waals surface area contributed by atoms with Crippen molar-refractivity contribution in [2.45, 2.75) is 25.1 Å². The van der Waals surface area contributed by atoms with Crippen molar-refractivity contribution in [1.82, 2.24) is 14.9 Å². The lowest BCUT2D eigenvalue weighted by molar-refractivity contribution is -0.139. The van der Waals surface area contributed by atoms with Crippen LogP contribution in [0.5, 0.6) is 5.75 Å². The number of nitrogens with one attached hydrogen (secondary N) is 1. The summed E-state index contributed by atoms with van der Waals surface area (Å²) in [6.07, 6.45) is -3.06. The van der Waals surface area contributed by atoms with Crippen molar-refractivity contribution < 1.29 is 17.9 Å². The monoisotopic (exact) mass is 356 g/mol. The molecule has 1 aromatic heterocycles. The van der Waals surface area contributed by atoms with Crippen LogP contribution in [-0.4, -0.2) is 34.1 Å². The summed E-state index contributed by atoms with van der Waals surface area (Å²) < 4.78 is 44.5. The highest BCUT2D eigenvalue weighted by Crippen LogP contribution is 2.36. The van der Waals surface area contributed by atoms with Gasteiger partial charge in [0.2, 0.25) is 0 Å². The number of ether oxygens (including phenoxy) is 1. The van der Waals surface area contributed by atoms with E-state index in [1.807, 2.05) is 0 Å². The average Bonchev–Trinajstić information content (AvgIpc) is 2.55. The van der Waals surface area contributed by atoms with Gasteiger partial charge in [-0.2, -0.15) is 18.3 Å². The number of aromatic nitrogens is 3. The Morgan fingerprint density at radius 2 is 1.84 bits per heavy atom. The number of alkyl halides is 3. The summed E-state index contributed by atoms with van der Waals surface area (Å²) in [6, 6.07) is 5.08. The lowest BCUT2D eigenvalue weighted by Gasteiger charge is -2.33. The molecule has 0 atom stereocenters. The molecule has 0 aliphatic carbocycles. The van der Waals surface area contributed by atoms with Gasteiger partial charge in [-0.05, 0) is 12.1 Å². The molecule has 0 saturated carbocycles. The van der Waals surface area contributed by atoms with Gasteiger partial charge in [0, 0.05) is 25.9 Å². The van der Waals surface area contributed by atoms with Crippen LogP contribution in [0.1, 0.15) is 18.4 Å². The Morgan fingerprint density at radius 1 is 1.16 bits per heavy atom. The quantitative estimate of drug-likeness (QED) is 0.892. The first kappa shape index (κ1) is 17.1. The van der Waals surface area contributed by atoms with Gasteiger partial charge in [0.25, 0.3) is 5.56 Å². The number of benzene rings is 1. The number of halogens is 3. The molecule has 2 heterocycles. The molecule has 10 heteroatoms. The number of hydrogen-bond acceptors (Lipinski definition) is 5. The minimum atomic E-state index is -4.48. The van der Waals surface area contributed by atoms with E-state index in [9.17, 15) is 22.8 Å². The van der Waals surface area contributed by atoms with Crippen LogP contribution < -0.4 is 21.0 Å². The molecule has 1 aromatic carbocycles. The summed E-state index contributed by atoms with van der Waals surface area (Å²) in [6.45, 7) is 0.718. The first-order chi connectivity index (χ1) is 11.8. The molecular formula is C15H15F3N4O3. The molecule has 25 heavy (non-hydrogen) atoms. The first-order valence-corrected chi connectivity index (χ1v) is 7.61. The number of para-hydroxylation sites is 1. The maximum Gasteiger partial charge on any atom is 0.419 e. The molecule has 0 bridgehead atoms. The van der Waals surface area contributed by atoms with Crippen molar-refractivity contribution in [2.24, 2.45) is 0 Å². The van der Waals surface area contributed by atoms with E-state index in [2.05, 4.69) is 10.1 Å². The molecular weight excluding hydrogens is 341 g/mol. The molecule has 134 valence electrons. The Kier molecular flexibility index (Phi) is 4.51. The van der Waals surface area contributed by atoms with Gasteiger partial charge in [-0.1, -0.05) is 12.1 Å². The highest BCUT2D eigenvalue weighted by Gasteiger charge is 2.35. The number of hydrogen-bond donors (Lipinski definition) is 1. The summed E-state index contributed by atoms with van der Waals surface area (Å²) >= 11 is 0. The number of nitrogens with zero attached hydrogens (tertiary/aromatic N) is 3. The molecule has 1 saturated heterocycles. The Labute approximate surface area is 139 Å². The van der Waals surface area contributed by atoms with Crippen LogP contribution in [-0.2, 0) is 6.18 Å². The van der Waals surface area contributed by atoms with Crippen LogP contribution in [0.25, 0.3) is 0 Å². The normalized spacial score (nSPS) is 16.0. The summed E-state index contributed by atoms with van der Waals surface area (Å²) in [7, 11) is 0. The van der Waals surface area contributed by atoms with Crippen LogP contribution in [0.2, 0.25) is 0 Å². The molecule has 0 amide bonds. The third-order valence-electron chi connectivity index (χ3n) is 3.87. The lowest BCUT2D eigenvalue weighted by atomic mass is 10.1. The molecule has 1 aliphatic rings. The highest BCUT2D eigenvalue weighted by atomic mass is 19.4. The molecule has 7 nitrogen and oxygen atoms in total. The second-order valence-corrected chi connectivity index (χ2v) is 5.59. The van der Waals surface area contributed by atoms with Crippen LogP contribution in [0.15, 0.2) is 40.1 Å². The molecule has 0 unspecified atom stereocenters. The van der Waals surface area contributed by atoms with E-state index in [0.717, 1.165) is 17.1 Å². The van der Waals surface area contributed by atoms with Crippen LogP contribution in [0.3, 0.4) is 0 Å². The Balaban J connectivity index is 1.68. The van der Waals surface area contributed by atoms with E-state index in [1.165, 1.54) is 18.2 Å². The zero-order valence-corrected chi connectivity index (χ0v) is 13.0. The Hall–Kier alpha value is -2.78. The SMILES string of the molecule is O=c1cnn(N2CCC(Oc3ccccc3C(F)(F)F)CC2)c(=O)[nH]1. The van der Waals surface area contributed by atoms with E-state index < -0.39 is 29.1 Å². The van der Waals surface area contributed by atoms with Crippen molar-refractivity contribution in [1.29, 1.82) is 0 Å². The van der Waals surface area contributed by atoms with Gasteiger partial charge in [0.15, 0.2) is 0 Å². The fourth-order valence-electron chi connectivity index (χ4n) is 2.68. The lowest BCUT2D eigenvalue weighted by Crippen LogP contribution is -2.51. The average molecular weight is 356 g/mol. The van der Waals surface area contributed by atoms with Crippen LogP contribution in [0, 0.1) is 0 Å². The number of rotatable bonds is 3. The predicted octanol–water partition coefficient (Wildman–Crippen LogP) is 1.13. The fourth-order valence-corrected chi connectivity index (χ4v) is 2.68.